The predicted molar refractivity (Wildman–Crippen MR) is 170 cm³/mol. The van der Waals surface area contributed by atoms with Crippen molar-refractivity contribution in [1.82, 2.24) is 4.72 Å². The van der Waals surface area contributed by atoms with Crippen LogP contribution >= 0.6 is 35.0 Å². The first-order valence-corrected chi connectivity index (χ1v) is 17.2. The van der Waals surface area contributed by atoms with Gasteiger partial charge in [-0.2, -0.15) is 13.5 Å². The number of alkyl halides is 2. The van der Waals surface area contributed by atoms with Crippen LogP contribution in [-0.4, -0.2) is 43.5 Å². The number of aromatic amines is 1. The van der Waals surface area contributed by atoms with Gasteiger partial charge in [-0.1, -0.05) is 59.2 Å². The molecule has 15 heteroatoms. The molecule has 1 aromatic heterocycles. The number of carbonyl (C=O) groups excluding carboxylic acids is 2. The standard InChI is InChI=1S/C31H32Cl2F2N2O7S2/c1-18(38)45-31(2,3)28(37-46(40,41)21-7-5-4-6-8-21)29(39)43-26(14-22-23(32)15-36-16-24(22)33)20-11-12-25(44-30(34)35)27(13-20)42-17-19-9-10-19/h4-8,11-13,15-16,19,26,28,30,37H,9-10,14,17H2,1-3H3/p+1/t26-,28?/m0/s1. The lowest BCUT2D eigenvalue weighted by Crippen LogP contribution is -2.53. The predicted octanol–water partition coefficient (Wildman–Crippen LogP) is 6.43. The molecule has 0 aliphatic heterocycles. The molecule has 0 radical (unpaired) electrons. The number of halogens is 4. The zero-order chi connectivity index (χ0) is 33.6. The lowest BCUT2D eigenvalue weighted by atomic mass is 10.00. The maximum atomic E-state index is 14.0. The summed E-state index contributed by atoms with van der Waals surface area (Å²) in [6.07, 6.45) is 3.59. The number of hydrogen-bond acceptors (Lipinski definition) is 8. The van der Waals surface area contributed by atoms with E-state index in [1.807, 2.05) is 0 Å². The molecule has 46 heavy (non-hydrogen) atoms. The molecule has 1 unspecified atom stereocenters. The number of esters is 1. The molecule has 4 rings (SSSR count). The van der Waals surface area contributed by atoms with Crippen LogP contribution in [0.3, 0.4) is 0 Å². The largest absolute Gasteiger partial charge is 0.489 e. The van der Waals surface area contributed by atoms with Crippen LogP contribution in [-0.2, 0) is 30.8 Å². The van der Waals surface area contributed by atoms with Crippen LogP contribution in [0.1, 0.15) is 50.8 Å². The van der Waals surface area contributed by atoms with Crippen LogP contribution in [0.4, 0.5) is 8.78 Å². The van der Waals surface area contributed by atoms with Gasteiger partial charge < -0.3 is 14.2 Å². The Hall–Kier alpha value is -2.97. The third kappa shape index (κ3) is 9.77. The zero-order valence-electron chi connectivity index (χ0n) is 25.1. The first-order chi connectivity index (χ1) is 21.7. The van der Waals surface area contributed by atoms with E-state index in [4.69, 9.17) is 32.7 Å². The van der Waals surface area contributed by atoms with Gasteiger partial charge in [-0.3, -0.25) is 9.59 Å². The van der Waals surface area contributed by atoms with Crippen molar-refractivity contribution in [3.63, 3.8) is 0 Å². The lowest BCUT2D eigenvalue weighted by Gasteiger charge is -2.33. The molecular formula is C31H33Cl2F2N2O7S2+. The molecule has 9 nitrogen and oxygen atoms in total. The van der Waals surface area contributed by atoms with Crippen molar-refractivity contribution in [2.45, 2.75) is 68.4 Å². The van der Waals surface area contributed by atoms with E-state index in [1.165, 1.54) is 75.6 Å². The van der Waals surface area contributed by atoms with Gasteiger partial charge in [0.05, 0.1) is 11.5 Å². The summed E-state index contributed by atoms with van der Waals surface area (Å²) in [7, 11) is -4.26. The minimum absolute atomic E-state index is 0.0122. The van der Waals surface area contributed by atoms with Crippen molar-refractivity contribution < 1.29 is 46.0 Å². The Kier molecular flexibility index (Phi) is 11.9. The van der Waals surface area contributed by atoms with E-state index in [0.717, 1.165) is 24.6 Å². The lowest BCUT2D eigenvalue weighted by molar-refractivity contribution is -0.377. The summed E-state index contributed by atoms with van der Waals surface area (Å²) in [5.41, 5.74) is 0.703. The average Bonchev–Trinajstić information content (AvgIpc) is 3.81. The smallest absolute Gasteiger partial charge is 0.387 e. The van der Waals surface area contributed by atoms with Crippen molar-refractivity contribution in [3.8, 4) is 11.5 Å². The second kappa shape index (κ2) is 15.3. The Morgan fingerprint density at radius 1 is 1.07 bits per heavy atom. The Balaban J connectivity index is 1.75. The van der Waals surface area contributed by atoms with Crippen LogP contribution in [0.2, 0.25) is 10.0 Å². The van der Waals surface area contributed by atoms with E-state index in [9.17, 15) is 26.8 Å². The number of ether oxygens (including phenoxy) is 3. The van der Waals surface area contributed by atoms with E-state index in [-0.39, 0.29) is 50.5 Å². The van der Waals surface area contributed by atoms with Gasteiger partial charge in [0, 0.05) is 23.7 Å². The van der Waals surface area contributed by atoms with Crippen LogP contribution < -0.4 is 19.2 Å². The monoisotopic (exact) mass is 717 g/mol. The molecule has 1 saturated carbocycles. The molecule has 1 aliphatic rings. The normalized spacial score (nSPS) is 14.9. The van der Waals surface area contributed by atoms with Crippen LogP contribution in [0.5, 0.6) is 11.5 Å². The summed E-state index contributed by atoms with van der Waals surface area (Å²) in [5.74, 6) is -0.916. The minimum atomic E-state index is -4.26. The van der Waals surface area contributed by atoms with Crippen LogP contribution in [0.25, 0.3) is 0 Å². The molecule has 2 aromatic carbocycles. The maximum absolute atomic E-state index is 14.0. The number of aromatic nitrogens is 1. The third-order valence-electron chi connectivity index (χ3n) is 7.04. The van der Waals surface area contributed by atoms with E-state index in [1.54, 1.807) is 6.07 Å². The Labute approximate surface area is 280 Å². The highest BCUT2D eigenvalue weighted by molar-refractivity contribution is 8.14. The highest BCUT2D eigenvalue weighted by Gasteiger charge is 2.42. The number of hydrogen-bond donors (Lipinski definition) is 1. The van der Waals surface area contributed by atoms with Crippen LogP contribution in [0, 0.1) is 5.92 Å². The fraction of sp³-hybridized carbons (Fsp3) is 0.387. The molecule has 3 aromatic rings. The van der Waals surface area contributed by atoms with Crippen molar-refractivity contribution in [1.29, 1.82) is 0 Å². The maximum Gasteiger partial charge on any atom is 0.387 e. The van der Waals surface area contributed by atoms with Crippen LogP contribution in [0.15, 0.2) is 65.8 Å². The van der Waals surface area contributed by atoms with Crippen molar-refractivity contribution >= 4 is 56.1 Å². The van der Waals surface area contributed by atoms with Gasteiger partial charge in [0.2, 0.25) is 10.0 Å². The number of pyridine rings is 1. The van der Waals surface area contributed by atoms with Gasteiger partial charge in [0.1, 0.15) is 22.2 Å². The summed E-state index contributed by atoms with van der Waals surface area (Å²) < 4.78 is 70.8. The number of nitrogens with one attached hydrogen (secondary N) is 2. The Morgan fingerprint density at radius 3 is 2.30 bits per heavy atom. The number of H-pyrrole nitrogens is 1. The molecule has 2 N–H and O–H groups in total. The fourth-order valence-corrected chi connectivity index (χ4v) is 7.52. The second-order valence-corrected chi connectivity index (χ2v) is 15.5. The molecule has 0 amide bonds. The minimum Gasteiger partial charge on any atom is -0.489 e. The van der Waals surface area contributed by atoms with E-state index in [0.29, 0.717) is 11.1 Å². The van der Waals surface area contributed by atoms with Gasteiger partial charge in [-0.25, -0.2) is 13.4 Å². The average molecular weight is 719 g/mol. The zero-order valence-corrected chi connectivity index (χ0v) is 28.2. The SMILES string of the molecule is CC(=O)SC(C)(C)C(NS(=O)(=O)c1ccccc1)C(=O)O[C@@H](Cc1c(Cl)c[nH+]cc1Cl)c1ccc(OC(F)F)c(OCC2CC2)c1. The number of rotatable bonds is 15. The third-order valence-corrected chi connectivity index (χ3v) is 10.2. The summed E-state index contributed by atoms with van der Waals surface area (Å²) in [4.78, 5) is 28.9. The molecule has 0 spiro atoms. The first kappa shape index (κ1) is 35.9. The van der Waals surface area contributed by atoms with Crippen molar-refractivity contribution in [2.75, 3.05) is 6.61 Å². The molecule has 1 heterocycles. The molecule has 1 aliphatic carbocycles. The molecule has 2 atom stereocenters. The van der Waals surface area contributed by atoms with E-state index in [2.05, 4.69) is 14.4 Å². The summed E-state index contributed by atoms with van der Waals surface area (Å²) in [6, 6.07) is 9.99. The highest BCUT2D eigenvalue weighted by atomic mass is 35.5. The molecule has 0 bridgehead atoms. The topological polar surface area (TPSA) is 122 Å². The van der Waals surface area contributed by atoms with Gasteiger partial charge >= 0.3 is 12.6 Å². The summed E-state index contributed by atoms with van der Waals surface area (Å²) >= 11 is 13.6. The van der Waals surface area contributed by atoms with Gasteiger partial charge in [0.15, 0.2) is 29.0 Å². The number of sulfonamides is 1. The summed E-state index contributed by atoms with van der Waals surface area (Å²) in [6.45, 7) is 1.54. The molecule has 248 valence electrons. The first-order valence-electron chi connectivity index (χ1n) is 14.2. The molecule has 1 fully saturated rings. The molecular weight excluding hydrogens is 685 g/mol. The van der Waals surface area contributed by atoms with Gasteiger partial charge in [-0.05, 0) is 62.4 Å². The number of benzene rings is 2. The van der Waals surface area contributed by atoms with E-state index < -0.39 is 39.5 Å². The van der Waals surface area contributed by atoms with Gasteiger partial charge in [-0.15, -0.1) is 0 Å². The fourth-order valence-electron chi connectivity index (χ4n) is 4.54. The summed E-state index contributed by atoms with van der Waals surface area (Å²) in [5, 5.41) is 0.0971. The second-order valence-electron chi connectivity index (χ2n) is 11.2. The van der Waals surface area contributed by atoms with Gasteiger partial charge in [0.25, 0.3) is 0 Å². The highest BCUT2D eigenvalue weighted by Crippen LogP contribution is 2.39. The quantitative estimate of drug-likeness (QED) is 0.179. The number of carbonyl (C=O) groups is 2. The van der Waals surface area contributed by atoms with Crippen molar-refractivity contribution in [3.05, 3.63) is 82.1 Å². The van der Waals surface area contributed by atoms with E-state index >= 15 is 0 Å². The Morgan fingerprint density at radius 2 is 1.72 bits per heavy atom. The Bertz CT molecular complexity index is 1640. The number of thioether (sulfide) groups is 1. The van der Waals surface area contributed by atoms with Crippen molar-refractivity contribution in [2.24, 2.45) is 5.92 Å². The molecule has 0 saturated heterocycles.